The van der Waals surface area contributed by atoms with Gasteiger partial charge in [-0.25, -0.2) is 0 Å². The van der Waals surface area contributed by atoms with Crippen LogP contribution in [-0.2, 0) is 0 Å². The van der Waals surface area contributed by atoms with E-state index in [2.05, 4.69) is 20.9 Å². The van der Waals surface area contributed by atoms with Crippen molar-refractivity contribution >= 4 is 21.7 Å². The minimum atomic E-state index is 0.0105. The molecule has 0 unspecified atom stereocenters. The van der Waals surface area contributed by atoms with Crippen molar-refractivity contribution in [3.05, 3.63) is 58.3 Å². The van der Waals surface area contributed by atoms with E-state index in [9.17, 15) is 4.79 Å². The molecule has 0 saturated heterocycles. The average molecular weight is 250 g/mol. The zero-order valence-corrected chi connectivity index (χ0v) is 8.91. The van der Waals surface area contributed by atoms with Crippen molar-refractivity contribution in [3.8, 4) is 0 Å². The molecule has 0 aliphatic heterocycles. The van der Waals surface area contributed by atoms with E-state index in [4.69, 9.17) is 0 Å². The molecule has 70 valence electrons. The summed E-state index contributed by atoms with van der Waals surface area (Å²) in [7, 11) is 0. The smallest absolute Gasteiger partial charge is 0.209 e. The molecule has 0 aliphatic carbocycles. The summed E-state index contributed by atoms with van der Waals surface area (Å²) in [6.45, 7) is 0. The summed E-state index contributed by atoms with van der Waals surface area (Å²) < 4.78 is 0.912. The first kappa shape index (κ1) is 9.21. The van der Waals surface area contributed by atoms with E-state index in [1.165, 1.54) is 0 Å². The number of hydrogen-bond acceptors (Lipinski definition) is 1. The molecule has 0 radical (unpaired) electrons. The van der Waals surface area contributed by atoms with Crippen LogP contribution < -0.4 is 0 Å². The normalized spacial score (nSPS) is 10.1. The van der Waals surface area contributed by atoms with Gasteiger partial charge in [-0.3, -0.25) is 4.79 Å². The molecule has 1 aromatic heterocycles. The Morgan fingerprint density at radius 3 is 2.71 bits per heavy atom. The number of H-pyrrole nitrogens is 1. The van der Waals surface area contributed by atoms with Crippen molar-refractivity contribution < 1.29 is 4.79 Å². The fraction of sp³-hybridized carbons (Fsp3) is 0. The Morgan fingerprint density at radius 1 is 1.21 bits per heavy atom. The molecule has 0 atom stereocenters. The third-order valence-corrected chi connectivity index (χ3v) is 2.42. The average Bonchev–Trinajstić information content (AvgIpc) is 2.69. The molecule has 0 bridgehead atoms. The topological polar surface area (TPSA) is 32.9 Å². The fourth-order valence-corrected chi connectivity index (χ4v) is 1.66. The van der Waals surface area contributed by atoms with Gasteiger partial charge in [0.2, 0.25) is 5.78 Å². The van der Waals surface area contributed by atoms with Crippen LogP contribution in [-0.4, -0.2) is 10.8 Å². The first-order valence-corrected chi connectivity index (χ1v) is 5.00. The Kier molecular flexibility index (Phi) is 2.50. The van der Waals surface area contributed by atoms with Crippen molar-refractivity contribution in [2.24, 2.45) is 0 Å². The Morgan fingerprint density at radius 2 is 2.07 bits per heavy atom. The highest BCUT2D eigenvalue weighted by Crippen LogP contribution is 2.14. The van der Waals surface area contributed by atoms with Crippen LogP contribution in [0.15, 0.2) is 47.1 Å². The number of carbonyl (C=O) groups excluding carboxylic acids is 1. The lowest BCUT2D eigenvalue weighted by molar-refractivity contribution is 0.103. The molecule has 0 saturated carbocycles. The number of hydrogen-bond donors (Lipinski definition) is 1. The first-order chi connectivity index (χ1) is 6.77. The monoisotopic (exact) mass is 249 g/mol. The van der Waals surface area contributed by atoms with Gasteiger partial charge >= 0.3 is 0 Å². The first-order valence-electron chi connectivity index (χ1n) is 4.21. The maximum Gasteiger partial charge on any atom is 0.209 e. The van der Waals surface area contributed by atoms with E-state index in [0.29, 0.717) is 11.3 Å². The Bertz CT molecular complexity index is 448. The zero-order valence-electron chi connectivity index (χ0n) is 7.33. The van der Waals surface area contributed by atoms with Crippen molar-refractivity contribution in [1.82, 2.24) is 4.98 Å². The van der Waals surface area contributed by atoms with Gasteiger partial charge in [0.15, 0.2) is 0 Å². The number of aromatic amines is 1. The number of aromatic nitrogens is 1. The summed E-state index contributed by atoms with van der Waals surface area (Å²) in [5.74, 6) is 0.0105. The van der Waals surface area contributed by atoms with Gasteiger partial charge in [0, 0.05) is 16.2 Å². The molecule has 3 heteroatoms. The van der Waals surface area contributed by atoms with Gasteiger partial charge in [-0.1, -0.05) is 28.1 Å². The lowest BCUT2D eigenvalue weighted by Crippen LogP contribution is -2.00. The molecule has 1 heterocycles. The van der Waals surface area contributed by atoms with Gasteiger partial charge in [-0.05, 0) is 24.3 Å². The Balaban J connectivity index is 2.37. The number of halogens is 1. The van der Waals surface area contributed by atoms with E-state index in [1.807, 2.05) is 24.3 Å². The maximum absolute atomic E-state index is 11.8. The molecular formula is C11H8BrNO. The molecular weight excluding hydrogens is 242 g/mol. The van der Waals surface area contributed by atoms with Crippen molar-refractivity contribution in [3.63, 3.8) is 0 Å². The van der Waals surface area contributed by atoms with E-state index in [1.54, 1.807) is 18.3 Å². The van der Waals surface area contributed by atoms with Crippen molar-refractivity contribution in [1.29, 1.82) is 0 Å². The van der Waals surface area contributed by atoms with E-state index in [-0.39, 0.29) is 5.78 Å². The van der Waals surface area contributed by atoms with E-state index in [0.717, 1.165) is 4.47 Å². The lowest BCUT2D eigenvalue weighted by atomic mass is 10.1. The highest BCUT2D eigenvalue weighted by Gasteiger charge is 2.08. The van der Waals surface area contributed by atoms with Crippen LogP contribution >= 0.6 is 15.9 Å². The lowest BCUT2D eigenvalue weighted by Gasteiger charge is -1.98. The van der Waals surface area contributed by atoms with Crippen LogP contribution in [0.3, 0.4) is 0 Å². The Hall–Kier alpha value is -1.35. The molecule has 0 aliphatic rings. The van der Waals surface area contributed by atoms with Gasteiger partial charge in [-0.2, -0.15) is 0 Å². The minimum Gasteiger partial charge on any atom is -0.359 e. The van der Waals surface area contributed by atoms with Gasteiger partial charge in [0.05, 0.1) is 5.69 Å². The third-order valence-electron chi connectivity index (χ3n) is 1.93. The molecule has 2 aromatic rings. The van der Waals surface area contributed by atoms with Crippen LogP contribution in [0.25, 0.3) is 0 Å². The van der Waals surface area contributed by atoms with Crippen molar-refractivity contribution in [2.45, 2.75) is 0 Å². The SMILES string of the molecule is O=C(c1cccc(Br)c1)c1ccc[nH]1. The van der Waals surface area contributed by atoms with Gasteiger partial charge in [-0.15, -0.1) is 0 Å². The second-order valence-electron chi connectivity index (χ2n) is 2.92. The molecule has 0 amide bonds. The largest absolute Gasteiger partial charge is 0.359 e. The summed E-state index contributed by atoms with van der Waals surface area (Å²) >= 11 is 3.33. The number of nitrogens with one attached hydrogen (secondary N) is 1. The van der Waals surface area contributed by atoms with Gasteiger partial charge in [0.1, 0.15) is 0 Å². The number of rotatable bonds is 2. The number of ketones is 1. The summed E-state index contributed by atoms with van der Waals surface area (Å²) in [6.07, 6.45) is 1.74. The second kappa shape index (κ2) is 3.80. The van der Waals surface area contributed by atoms with Gasteiger partial charge in [0.25, 0.3) is 0 Å². The highest BCUT2D eigenvalue weighted by molar-refractivity contribution is 9.10. The Labute approximate surface area is 90.1 Å². The third kappa shape index (κ3) is 1.77. The summed E-state index contributed by atoms with van der Waals surface area (Å²) in [5.41, 5.74) is 1.30. The predicted molar refractivity (Wildman–Crippen MR) is 58.4 cm³/mol. The molecule has 2 nitrogen and oxygen atoms in total. The second-order valence-corrected chi connectivity index (χ2v) is 3.84. The number of benzene rings is 1. The van der Waals surface area contributed by atoms with Crippen LogP contribution in [0, 0.1) is 0 Å². The van der Waals surface area contributed by atoms with Crippen molar-refractivity contribution in [2.75, 3.05) is 0 Å². The maximum atomic E-state index is 11.8. The van der Waals surface area contributed by atoms with Gasteiger partial charge < -0.3 is 4.98 Å². The van der Waals surface area contributed by atoms with E-state index < -0.39 is 0 Å². The minimum absolute atomic E-state index is 0.0105. The number of carbonyl (C=O) groups is 1. The summed E-state index contributed by atoms with van der Waals surface area (Å²) in [4.78, 5) is 14.7. The standard InChI is InChI=1S/C11H8BrNO/c12-9-4-1-3-8(7-9)11(14)10-5-2-6-13-10/h1-7,13H. The molecule has 0 spiro atoms. The van der Waals surface area contributed by atoms with Crippen LogP contribution in [0.4, 0.5) is 0 Å². The van der Waals surface area contributed by atoms with Crippen LogP contribution in [0.5, 0.6) is 0 Å². The molecule has 14 heavy (non-hydrogen) atoms. The summed E-state index contributed by atoms with van der Waals surface area (Å²) in [5, 5.41) is 0. The molecule has 1 N–H and O–H groups in total. The van der Waals surface area contributed by atoms with Crippen LogP contribution in [0.1, 0.15) is 16.1 Å². The van der Waals surface area contributed by atoms with Crippen LogP contribution in [0.2, 0.25) is 0 Å². The molecule has 2 rings (SSSR count). The fourth-order valence-electron chi connectivity index (χ4n) is 1.26. The van der Waals surface area contributed by atoms with E-state index >= 15 is 0 Å². The predicted octanol–water partition coefficient (Wildman–Crippen LogP) is 3.01. The highest BCUT2D eigenvalue weighted by atomic mass is 79.9. The zero-order chi connectivity index (χ0) is 9.97. The molecule has 0 fully saturated rings. The summed E-state index contributed by atoms with van der Waals surface area (Å²) in [6, 6.07) is 10.9. The quantitative estimate of drug-likeness (QED) is 0.816. The molecule has 1 aromatic carbocycles.